The fraction of sp³-hybridized carbons (Fsp3) is 0.545. The fourth-order valence-corrected chi connectivity index (χ4v) is 3.02. The van der Waals surface area contributed by atoms with Crippen LogP contribution in [0.2, 0.25) is 0 Å². The predicted molar refractivity (Wildman–Crippen MR) is 66.2 cm³/mol. The van der Waals surface area contributed by atoms with Crippen LogP contribution in [0.5, 0.6) is 0 Å². The van der Waals surface area contributed by atoms with Gasteiger partial charge in [-0.3, -0.25) is 4.79 Å². The Hall–Kier alpha value is -1.01. The van der Waals surface area contributed by atoms with E-state index in [0.717, 1.165) is 19.3 Å². The van der Waals surface area contributed by atoms with Gasteiger partial charge in [-0.15, -0.1) is 0 Å². The summed E-state index contributed by atoms with van der Waals surface area (Å²) in [6.07, 6.45) is 3.06. The highest BCUT2D eigenvalue weighted by Crippen LogP contribution is 2.28. The molecule has 5 nitrogen and oxygen atoms in total. The third kappa shape index (κ3) is 2.40. The zero-order chi connectivity index (χ0) is 13.5. The number of rotatable bonds is 3. The van der Waals surface area contributed by atoms with E-state index < -0.39 is 9.05 Å². The summed E-state index contributed by atoms with van der Waals surface area (Å²) in [5.41, 5.74) is 0. The number of nitrogens with zero attached hydrogens (tertiary/aromatic N) is 1. The van der Waals surface area contributed by atoms with E-state index in [4.69, 9.17) is 15.1 Å². The van der Waals surface area contributed by atoms with Gasteiger partial charge in [0.25, 0.3) is 15.0 Å². The third-order valence-electron chi connectivity index (χ3n) is 3.29. The number of furan rings is 1. The van der Waals surface area contributed by atoms with Crippen molar-refractivity contribution in [3.8, 4) is 0 Å². The van der Waals surface area contributed by atoms with E-state index >= 15 is 0 Å². The van der Waals surface area contributed by atoms with Crippen molar-refractivity contribution >= 4 is 25.6 Å². The second kappa shape index (κ2) is 4.59. The largest absolute Gasteiger partial charge is 0.455 e. The molecule has 100 valence electrons. The Morgan fingerprint density at radius 2 is 2.11 bits per heavy atom. The molecule has 0 bridgehead atoms. The zero-order valence-electron chi connectivity index (χ0n) is 10.1. The first kappa shape index (κ1) is 13.4. The van der Waals surface area contributed by atoms with E-state index in [-0.39, 0.29) is 28.4 Å². The molecule has 0 unspecified atom stereocenters. The van der Waals surface area contributed by atoms with Crippen molar-refractivity contribution in [3.05, 3.63) is 17.6 Å². The fourth-order valence-electron chi connectivity index (χ4n) is 1.93. The summed E-state index contributed by atoms with van der Waals surface area (Å²) >= 11 is 0. The van der Waals surface area contributed by atoms with Gasteiger partial charge in [0.05, 0.1) is 0 Å². The van der Waals surface area contributed by atoms with Crippen LogP contribution in [0.3, 0.4) is 0 Å². The standard InChI is InChI=1S/C11H14ClNO4S/c1-7-10(18(12,15)16)6-9(17-7)11(14)13(2)8-4-3-5-8/h6,8H,3-5H2,1-2H3. The Labute approximate surface area is 110 Å². The summed E-state index contributed by atoms with van der Waals surface area (Å²) < 4.78 is 27.7. The summed E-state index contributed by atoms with van der Waals surface area (Å²) in [5, 5.41) is 0. The zero-order valence-corrected chi connectivity index (χ0v) is 11.7. The maximum atomic E-state index is 12.1. The molecule has 18 heavy (non-hydrogen) atoms. The molecule has 1 amide bonds. The van der Waals surface area contributed by atoms with Crippen molar-refractivity contribution in [2.75, 3.05) is 7.05 Å². The maximum Gasteiger partial charge on any atom is 0.289 e. The Morgan fingerprint density at radius 1 is 1.50 bits per heavy atom. The molecule has 1 aliphatic rings. The molecule has 0 saturated heterocycles. The monoisotopic (exact) mass is 291 g/mol. The number of carbonyl (C=O) groups is 1. The number of hydrogen-bond acceptors (Lipinski definition) is 4. The van der Waals surface area contributed by atoms with Crippen LogP contribution in [0.4, 0.5) is 0 Å². The lowest BCUT2D eigenvalue weighted by Crippen LogP contribution is -2.41. The van der Waals surface area contributed by atoms with Gasteiger partial charge in [-0.2, -0.15) is 0 Å². The van der Waals surface area contributed by atoms with Crippen molar-refractivity contribution < 1.29 is 17.6 Å². The lowest BCUT2D eigenvalue weighted by Gasteiger charge is -2.34. The molecule has 1 aliphatic carbocycles. The van der Waals surface area contributed by atoms with Crippen molar-refractivity contribution in [3.63, 3.8) is 0 Å². The van der Waals surface area contributed by atoms with E-state index in [2.05, 4.69) is 0 Å². The molecule has 1 heterocycles. The van der Waals surface area contributed by atoms with Crippen LogP contribution in [-0.2, 0) is 9.05 Å². The van der Waals surface area contributed by atoms with Crippen LogP contribution in [0.25, 0.3) is 0 Å². The van der Waals surface area contributed by atoms with Gasteiger partial charge >= 0.3 is 0 Å². The van der Waals surface area contributed by atoms with Gasteiger partial charge < -0.3 is 9.32 Å². The van der Waals surface area contributed by atoms with Crippen molar-refractivity contribution in [2.45, 2.75) is 37.1 Å². The minimum absolute atomic E-state index is 0.0149. The van der Waals surface area contributed by atoms with Crippen molar-refractivity contribution in [1.82, 2.24) is 4.90 Å². The van der Waals surface area contributed by atoms with E-state index in [1.807, 2.05) is 0 Å². The molecular weight excluding hydrogens is 278 g/mol. The first-order valence-electron chi connectivity index (χ1n) is 5.63. The molecule has 0 aliphatic heterocycles. The molecule has 1 saturated carbocycles. The van der Waals surface area contributed by atoms with E-state index in [1.165, 1.54) is 13.0 Å². The second-order valence-electron chi connectivity index (χ2n) is 4.47. The predicted octanol–water partition coefficient (Wildman–Crippen LogP) is 2.14. The minimum Gasteiger partial charge on any atom is -0.455 e. The van der Waals surface area contributed by atoms with Gasteiger partial charge in [0.1, 0.15) is 10.7 Å². The van der Waals surface area contributed by atoms with Crippen molar-refractivity contribution in [2.24, 2.45) is 0 Å². The number of carbonyl (C=O) groups excluding carboxylic acids is 1. The summed E-state index contributed by atoms with van der Waals surface area (Å²) in [7, 11) is 3.07. The average Bonchev–Trinajstić information content (AvgIpc) is 2.55. The van der Waals surface area contributed by atoms with Gasteiger partial charge in [0, 0.05) is 29.8 Å². The molecule has 1 aromatic rings. The van der Waals surface area contributed by atoms with Crippen LogP contribution in [0, 0.1) is 6.92 Å². The van der Waals surface area contributed by atoms with Crippen molar-refractivity contribution in [1.29, 1.82) is 0 Å². The molecule has 2 rings (SSSR count). The van der Waals surface area contributed by atoms with Gasteiger partial charge in [0.2, 0.25) is 0 Å². The highest BCUT2D eigenvalue weighted by atomic mass is 35.7. The van der Waals surface area contributed by atoms with Gasteiger partial charge in [-0.25, -0.2) is 8.42 Å². The normalized spacial score (nSPS) is 16.4. The number of halogens is 1. The lowest BCUT2D eigenvalue weighted by atomic mass is 9.92. The Morgan fingerprint density at radius 3 is 2.50 bits per heavy atom. The second-order valence-corrected chi connectivity index (χ2v) is 7.00. The summed E-state index contributed by atoms with van der Waals surface area (Å²) in [5.74, 6) is -0.161. The molecule has 1 aromatic heterocycles. The molecule has 0 aromatic carbocycles. The van der Waals surface area contributed by atoms with Crippen LogP contribution >= 0.6 is 10.7 Å². The molecular formula is C11H14ClNO4S. The summed E-state index contributed by atoms with van der Waals surface area (Å²) in [4.78, 5) is 13.5. The minimum atomic E-state index is -3.88. The highest BCUT2D eigenvalue weighted by Gasteiger charge is 2.29. The topological polar surface area (TPSA) is 67.6 Å². The quantitative estimate of drug-likeness (QED) is 0.800. The maximum absolute atomic E-state index is 12.1. The molecule has 0 atom stereocenters. The Kier molecular flexibility index (Phi) is 3.42. The van der Waals surface area contributed by atoms with Gasteiger partial charge in [-0.05, 0) is 26.2 Å². The van der Waals surface area contributed by atoms with E-state index in [1.54, 1.807) is 11.9 Å². The number of aryl methyl sites for hydroxylation is 1. The average molecular weight is 292 g/mol. The van der Waals surface area contributed by atoms with Gasteiger partial charge in [-0.1, -0.05) is 0 Å². The van der Waals surface area contributed by atoms with E-state index in [9.17, 15) is 13.2 Å². The number of amides is 1. The smallest absolute Gasteiger partial charge is 0.289 e. The van der Waals surface area contributed by atoms with Crippen LogP contribution in [0.1, 0.15) is 35.6 Å². The van der Waals surface area contributed by atoms with Crippen LogP contribution in [0.15, 0.2) is 15.4 Å². The third-order valence-corrected chi connectivity index (χ3v) is 4.72. The molecule has 1 fully saturated rings. The van der Waals surface area contributed by atoms with Crippen LogP contribution < -0.4 is 0 Å². The Bertz CT molecular complexity index is 574. The summed E-state index contributed by atoms with van der Waals surface area (Å²) in [6.45, 7) is 1.47. The molecule has 0 spiro atoms. The van der Waals surface area contributed by atoms with Crippen LogP contribution in [-0.4, -0.2) is 32.3 Å². The van der Waals surface area contributed by atoms with Gasteiger partial charge in [0.15, 0.2) is 5.76 Å². The number of hydrogen-bond donors (Lipinski definition) is 0. The van der Waals surface area contributed by atoms with E-state index in [0.29, 0.717) is 0 Å². The summed E-state index contributed by atoms with van der Waals surface area (Å²) in [6, 6.07) is 1.41. The first-order valence-corrected chi connectivity index (χ1v) is 7.94. The molecule has 0 radical (unpaired) electrons. The SMILES string of the molecule is Cc1oc(C(=O)N(C)C2CCC2)cc1S(=O)(=O)Cl. The Balaban J connectivity index is 2.26. The first-order chi connectivity index (χ1) is 8.30. The lowest BCUT2D eigenvalue weighted by molar-refractivity contribution is 0.0618. The highest BCUT2D eigenvalue weighted by molar-refractivity contribution is 8.13. The molecule has 7 heteroatoms. The molecule has 0 N–H and O–H groups in total.